The molecule has 0 amide bonds. The first kappa shape index (κ1) is 16.4. The topological polar surface area (TPSA) is 35.5 Å². The van der Waals surface area contributed by atoms with Crippen LogP contribution in [0.25, 0.3) is 0 Å². The van der Waals surface area contributed by atoms with E-state index in [9.17, 15) is 18.3 Å². The van der Waals surface area contributed by atoms with Crippen molar-refractivity contribution in [1.82, 2.24) is 5.32 Å². The summed E-state index contributed by atoms with van der Waals surface area (Å²) in [7, 11) is 0. The molecule has 1 saturated carbocycles. The number of phenols is 1. The first-order valence-corrected chi connectivity index (χ1v) is 8.12. The maximum absolute atomic E-state index is 12.8. The Bertz CT molecular complexity index is 586. The van der Waals surface area contributed by atoms with E-state index < -0.39 is 17.5 Å². The molecule has 1 heterocycles. The molecule has 1 aromatic carbocycles. The van der Waals surface area contributed by atoms with E-state index in [1.54, 1.807) is 0 Å². The van der Waals surface area contributed by atoms with Gasteiger partial charge < -0.3 is 15.3 Å². The molecule has 1 unspecified atom stereocenters. The van der Waals surface area contributed by atoms with E-state index in [0.29, 0.717) is 18.3 Å². The summed E-state index contributed by atoms with van der Waals surface area (Å²) in [6.45, 7) is 4.92. The number of piperazine rings is 1. The van der Waals surface area contributed by atoms with Crippen molar-refractivity contribution in [2.45, 2.75) is 63.3 Å². The van der Waals surface area contributed by atoms with E-state index >= 15 is 0 Å². The lowest BCUT2D eigenvalue weighted by molar-refractivity contribution is -0.138. The Balaban J connectivity index is 1.94. The molecule has 1 saturated heterocycles. The van der Waals surface area contributed by atoms with Crippen LogP contribution in [-0.4, -0.2) is 29.3 Å². The number of hydrogen-bond donors (Lipinski definition) is 2. The van der Waals surface area contributed by atoms with Gasteiger partial charge in [0.1, 0.15) is 5.75 Å². The van der Waals surface area contributed by atoms with Gasteiger partial charge in [0.25, 0.3) is 0 Å². The van der Waals surface area contributed by atoms with Crippen LogP contribution in [0.3, 0.4) is 0 Å². The molecule has 2 N–H and O–H groups in total. The minimum atomic E-state index is -4.53. The third-order valence-electron chi connectivity index (χ3n) is 4.89. The standard InChI is InChI=1S/C17H23F3N2O/c1-16(2)10-22(14-6-4-3-5-13(14)21-16)11-7-8-12(15(23)9-11)17(18,19)20/h7-9,13-14,21,23H,3-6,10H2,1-2H3/t13?,14-/m0/s1. The fourth-order valence-corrected chi connectivity index (χ4v) is 3.96. The van der Waals surface area contributed by atoms with Crippen LogP contribution in [0.15, 0.2) is 18.2 Å². The number of fused-ring (bicyclic) bond motifs is 1. The molecule has 1 aliphatic carbocycles. The van der Waals surface area contributed by atoms with E-state index in [-0.39, 0.29) is 11.6 Å². The van der Waals surface area contributed by atoms with Gasteiger partial charge in [-0.25, -0.2) is 0 Å². The molecule has 3 nitrogen and oxygen atoms in total. The van der Waals surface area contributed by atoms with Gasteiger partial charge in [-0.05, 0) is 38.8 Å². The SMILES string of the molecule is CC1(C)CN(c2ccc(C(F)(F)F)c(O)c2)[C@H]2CCCCC2N1. The first-order valence-electron chi connectivity index (χ1n) is 8.12. The molecule has 3 rings (SSSR count). The average molecular weight is 328 g/mol. The van der Waals surface area contributed by atoms with Crippen LogP contribution in [-0.2, 0) is 6.18 Å². The maximum atomic E-state index is 12.8. The lowest BCUT2D eigenvalue weighted by Gasteiger charge is -2.52. The van der Waals surface area contributed by atoms with Crippen LogP contribution < -0.4 is 10.2 Å². The van der Waals surface area contributed by atoms with Crippen molar-refractivity contribution in [3.05, 3.63) is 23.8 Å². The van der Waals surface area contributed by atoms with Gasteiger partial charge in [0.15, 0.2) is 0 Å². The maximum Gasteiger partial charge on any atom is 0.419 e. The summed E-state index contributed by atoms with van der Waals surface area (Å²) in [6, 6.07) is 4.34. The molecule has 1 aliphatic heterocycles. The minimum absolute atomic E-state index is 0.114. The molecule has 128 valence electrons. The van der Waals surface area contributed by atoms with Crippen LogP contribution in [0.2, 0.25) is 0 Å². The van der Waals surface area contributed by atoms with Gasteiger partial charge in [0.2, 0.25) is 0 Å². The van der Waals surface area contributed by atoms with Gasteiger partial charge in [-0.1, -0.05) is 12.8 Å². The van der Waals surface area contributed by atoms with Gasteiger partial charge >= 0.3 is 6.18 Å². The van der Waals surface area contributed by atoms with Crippen molar-refractivity contribution >= 4 is 5.69 Å². The van der Waals surface area contributed by atoms with Crippen molar-refractivity contribution in [2.75, 3.05) is 11.4 Å². The Kier molecular flexibility index (Phi) is 3.99. The fraction of sp³-hybridized carbons (Fsp3) is 0.647. The van der Waals surface area contributed by atoms with Crippen molar-refractivity contribution < 1.29 is 18.3 Å². The fourth-order valence-electron chi connectivity index (χ4n) is 3.96. The normalized spacial score (nSPS) is 27.6. The van der Waals surface area contributed by atoms with Gasteiger partial charge in [-0.3, -0.25) is 0 Å². The third kappa shape index (κ3) is 3.27. The number of benzene rings is 1. The van der Waals surface area contributed by atoms with Gasteiger partial charge in [-0.15, -0.1) is 0 Å². The number of nitrogens with one attached hydrogen (secondary N) is 1. The molecular formula is C17H23F3N2O. The molecule has 23 heavy (non-hydrogen) atoms. The molecule has 6 heteroatoms. The highest BCUT2D eigenvalue weighted by Crippen LogP contribution is 2.40. The van der Waals surface area contributed by atoms with Crippen molar-refractivity contribution in [2.24, 2.45) is 0 Å². The molecule has 0 spiro atoms. The molecular weight excluding hydrogens is 305 g/mol. The second kappa shape index (κ2) is 5.58. The molecule has 0 radical (unpaired) electrons. The largest absolute Gasteiger partial charge is 0.507 e. The van der Waals surface area contributed by atoms with E-state index in [2.05, 4.69) is 24.1 Å². The number of alkyl halides is 3. The summed E-state index contributed by atoms with van der Waals surface area (Å²) in [6.07, 6.45) is -0.117. The van der Waals surface area contributed by atoms with E-state index in [0.717, 1.165) is 25.3 Å². The third-order valence-corrected chi connectivity index (χ3v) is 4.89. The summed E-state index contributed by atoms with van der Waals surface area (Å²) < 4.78 is 38.5. The highest BCUT2D eigenvalue weighted by Gasteiger charge is 2.41. The van der Waals surface area contributed by atoms with E-state index in [4.69, 9.17) is 0 Å². The van der Waals surface area contributed by atoms with E-state index in [1.165, 1.54) is 18.6 Å². The second-order valence-electron chi connectivity index (χ2n) is 7.31. The summed E-state index contributed by atoms with van der Waals surface area (Å²) in [4.78, 5) is 2.17. The Morgan fingerprint density at radius 2 is 1.91 bits per heavy atom. The van der Waals surface area contributed by atoms with Crippen molar-refractivity contribution in [1.29, 1.82) is 0 Å². The molecule has 0 aromatic heterocycles. The number of rotatable bonds is 1. The summed E-state index contributed by atoms with van der Waals surface area (Å²) in [5.74, 6) is -0.696. The predicted octanol–water partition coefficient (Wildman–Crippen LogP) is 3.91. The Labute approximate surface area is 134 Å². The molecule has 2 fully saturated rings. The molecule has 1 aromatic rings. The van der Waals surface area contributed by atoms with E-state index in [1.807, 2.05) is 0 Å². The monoisotopic (exact) mass is 328 g/mol. The van der Waals surface area contributed by atoms with Crippen molar-refractivity contribution in [3.8, 4) is 5.75 Å². The number of anilines is 1. The van der Waals surface area contributed by atoms with Crippen LogP contribution in [0, 0.1) is 0 Å². The van der Waals surface area contributed by atoms with Gasteiger partial charge in [-0.2, -0.15) is 13.2 Å². The van der Waals surface area contributed by atoms with Crippen molar-refractivity contribution in [3.63, 3.8) is 0 Å². The summed E-state index contributed by atoms with van der Waals surface area (Å²) >= 11 is 0. The zero-order chi connectivity index (χ0) is 16.8. The Morgan fingerprint density at radius 1 is 1.22 bits per heavy atom. The van der Waals surface area contributed by atoms with Gasteiger partial charge in [0.05, 0.1) is 5.56 Å². The van der Waals surface area contributed by atoms with Crippen LogP contribution >= 0.6 is 0 Å². The first-order chi connectivity index (χ1) is 10.7. The average Bonchev–Trinajstić information content (AvgIpc) is 2.44. The highest BCUT2D eigenvalue weighted by molar-refractivity contribution is 5.56. The van der Waals surface area contributed by atoms with Crippen LogP contribution in [0.1, 0.15) is 45.1 Å². The van der Waals surface area contributed by atoms with Crippen LogP contribution in [0.4, 0.5) is 18.9 Å². The number of aromatic hydroxyl groups is 1. The number of nitrogens with zero attached hydrogens (tertiary/aromatic N) is 1. The minimum Gasteiger partial charge on any atom is -0.507 e. The number of halogens is 3. The zero-order valence-electron chi connectivity index (χ0n) is 13.5. The lowest BCUT2D eigenvalue weighted by atomic mass is 9.83. The summed E-state index contributed by atoms with van der Waals surface area (Å²) in [5.41, 5.74) is -0.422. The Morgan fingerprint density at radius 3 is 2.57 bits per heavy atom. The molecule has 2 aliphatic rings. The Hall–Kier alpha value is -1.43. The quantitative estimate of drug-likeness (QED) is 0.820. The van der Waals surface area contributed by atoms with Crippen LogP contribution in [0.5, 0.6) is 5.75 Å². The second-order valence-corrected chi connectivity index (χ2v) is 7.31. The number of phenolic OH excluding ortho intramolecular Hbond substituents is 1. The number of hydrogen-bond acceptors (Lipinski definition) is 3. The predicted molar refractivity (Wildman–Crippen MR) is 83.7 cm³/mol. The summed E-state index contributed by atoms with van der Waals surface area (Å²) in [5, 5.41) is 13.5. The lowest BCUT2D eigenvalue weighted by Crippen LogP contribution is -2.67. The van der Waals surface area contributed by atoms with Gasteiger partial charge in [0, 0.05) is 35.9 Å². The smallest absolute Gasteiger partial charge is 0.419 e. The zero-order valence-corrected chi connectivity index (χ0v) is 13.5. The molecule has 2 atom stereocenters. The molecule has 0 bridgehead atoms. The highest BCUT2D eigenvalue weighted by atomic mass is 19.4.